The van der Waals surface area contributed by atoms with Gasteiger partial charge in [0, 0.05) is 18.8 Å². The Balaban J connectivity index is 1.86. The van der Waals surface area contributed by atoms with Crippen LogP contribution in [0.15, 0.2) is 18.2 Å². The highest BCUT2D eigenvalue weighted by Gasteiger charge is 2.14. The number of rotatable bonds is 3. The van der Waals surface area contributed by atoms with Crippen molar-refractivity contribution in [2.75, 3.05) is 25.0 Å². The van der Waals surface area contributed by atoms with Crippen molar-refractivity contribution in [1.29, 1.82) is 0 Å². The zero-order valence-electron chi connectivity index (χ0n) is 11.4. The molecular weight excluding hydrogens is 243 g/mol. The van der Waals surface area contributed by atoms with Crippen molar-refractivity contribution in [1.82, 2.24) is 4.90 Å². The van der Waals surface area contributed by atoms with Gasteiger partial charge in [-0.3, -0.25) is 4.79 Å². The molecule has 0 unspecified atom stereocenters. The molecule has 104 valence electrons. The van der Waals surface area contributed by atoms with Gasteiger partial charge >= 0.3 is 0 Å². The fraction of sp³-hybridized carbons (Fsp3) is 0.533. The second-order valence-corrected chi connectivity index (χ2v) is 5.11. The maximum Gasteiger partial charge on any atom is 0.241 e. The Morgan fingerprint density at radius 1 is 1.26 bits per heavy atom. The van der Waals surface area contributed by atoms with Crippen molar-refractivity contribution in [3.05, 3.63) is 29.6 Å². The Morgan fingerprint density at radius 3 is 2.58 bits per heavy atom. The number of nitrogens with zero attached hydrogens (tertiary/aromatic N) is 1. The van der Waals surface area contributed by atoms with Crippen LogP contribution in [0.1, 0.15) is 31.2 Å². The third kappa shape index (κ3) is 3.94. The van der Waals surface area contributed by atoms with E-state index in [1.807, 2.05) is 4.90 Å². The van der Waals surface area contributed by atoms with Gasteiger partial charge in [0.05, 0.1) is 6.54 Å². The van der Waals surface area contributed by atoms with Crippen molar-refractivity contribution in [2.45, 2.75) is 32.6 Å². The molecule has 1 aliphatic heterocycles. The van der Waals surface area contributed by atoms with E-state index in [-0.39, 0.29) is 18.3 Å². The topological polar surface area (TPSA) is 32.3 Å². The van der Waals surface area contributed by atoms with Gasteiger partial charge in [-0.25, -0.2) is 4.39 Å². The van der Waals surface area contributed by atoms with Crippen LogP contribution in [0.4, 0.5) is 10.1 Å². The van der Waals surface area contributed by atoms with Crippen LogP contribution in [0.5, 0.6) is 0 Å². The van der Waals surface area contributed by atoms with Crippen molar-refractivity contribution in [3.63, 3.8) is 0 Å². The van der Waals surface area contributed by atoms with Crippen molar-refractivity contribution >= 4 is 11.6 Å². The van der Waals surface area contributed by atoms with Gasteiger partial charge in [-0.1, -0.05) is 18.9 Å². The average Bonchev–Trinajstić information content (AvgIpc) is 2.69. The highest BCUT2D eigenvalue weighted by atomic mass is 19.1. The van der Waals surface area contributed by atoms with Crippen LogP contribution in [-0.2, 0) is 4.79 Å². The number of hydrogen-bond donors (Lipinski definition) is 1. The van der Waals surface area contributed by atoms with Crippen molar-refractivity contribution in [2.24, 2.45) is 0 Å². The summed E-state index contributed by atoms with van der Waals surface area (Å²) in [6.45, 7) is 3.66. The van der Waals surface area contributed by atoms with E-state index in [2.05, 4.69) is 5.32 Å². The number of hydrogen-bond acceptors (Lipinski definition) is 2. The van der Waals surface area contributed by atoms with Gasteiger partial charge in [-0.05, 0) is 37.5 Å². The summed E-state index contributed by atoms with van der Waals surface area (Å²) in [5.74, 6) is -0.143. The van der Waals surface area contributed by atoms with Gasteiger partial charge in [-0.2, -0.15) is 0 Å². The summed E-state index contributed by atoms with van der Waals surface area (Å²) in [4.78, 5) is 14.0. The van der Waals surface area contributed by atoms with Gasteiger partial charge in [0.25, 0.3) is 0 Å². The Labute approximate surface area is 113 Å². The molecule has 0 aliphatic carbocycles. The summed E-state index contributed by atoms with van der Waals surface area (Å²) in [5.41, 5.74) is 1.27. The molecule has 3 nitrogen and oxygen atoms in total. The van der Waals surface area contributed by atoms with Crippen LogP contribution in [0.3, 0.4) is 0 Å². The molecule has 0 bridgehead atoms. The lowest BCUT2D eigenvalue weighted by molar-refractivity contribution is -0.129. The number of benzene rings is 1. The maximum absolute atomic E-state index is 13.4. The van der Waals surface area contributed by atoms with Crippen molar-refractivity contribution < 1.29 is 9.18 Å². The Bertz CT molecular complexity index is 440. The van der Waals surface area contributed by atoms with E-state index in [4.69, 9.17) is 0 Å². The molecule has 1 N–H and O–H groups in total. The Morgan fingerprint density at radius 2 is 1.95 bits per heavy atom. The number of likely N-dealkylation sites (tertiary alicyclic amines) is 1. The number of amides is 1. The van der Waals surface area contributed by atoms with E-state index in [1.165, 1.54) is 18.9 Å². The number of carbonyl (C=O) groups excluding carboxylic acids is 1. The predicted molar refractivity (Wildman–Crippen MR) is 74.7 cm³/mol. The number of halogens is 1. The smallest absolute Gasteiger partial charge is 0.241 e. The molecule has 1 fully saturated rings. The van der Waals surface area contributed by atoms with E-state index in [0.29, 0.717) is 11.3 Å². The van der Waals surface area contributed by atoms with Gasteiger partial charge < -0.3 is 10.2 Å². The molecule has 1 aromatic carbocycles. The number of carbonyl (C=O) groups is 1. The van der Waals surface area contributed by atoms with Crippen LogP contribution >= 0.6 is 0 Å². The van der Waals surface area contributed by atoms with E-state index in [0.717, 1.165) is 25.9 Å². The molecule has 0 saturated carbocycles. The number of nitrogens with one attached hydrogen (secondary N) is 1. The molecule has 0 spiro atoms. The van der Waals surface area contributed by atoms with Crippen LogP contribution in [0, 0.1) is 12.7 Å². The minimum Gasteiger partial charge on any atom is -0.376 e. The fourth-order valence-corrected chi connectivity index (χ4v) is 2.31. The van der Waals surface area contributed by atoms with E-state index >= 15 is 0 Å². The van der Waals surface area contributed by atoms with Gasteiger partial charge in [0.1, 0.15) is 5.82 Å². The second-order valence-electron chi connectivity index (χ2n) is 5.11. The molecule has 1 amide bonds. The number of anilines is 1. The monoisotopic (exact) mass is 264 g/mol. The predicted octanol–water partition coefficient (Wildman–Crippen LogP) is 2.95. The van der Waals surface area contributed by atoms with Gasteiger partial charge in [0.2, 0.25) is 5.91 Å². The molecule has 0 radical (unpaired) electrons. The molecule has 1 saturated heterocycles. The second kappa shape index (κ2) is 6.55. The maximum atomic E-state index is 13.4. The lowest BCUT2D eigenvalue weighted by atomic mass is 10.2. The molecule has 1 aliphatic rings. The van der Waals surface area contributed by atoms with Crippen molar-refractivity contribution in [3.8, 4) is 0 Å². The van der Waals surface area contributed by atoms with Crippen LogP contribution in [-0.4, -0.2) is 30.4 Å². The first-order valence-electron chi connectivity index (χ1n) is 6.94. The minimum atomic E-state index is -0.243. The molecule has 0 aromatic heterocycles. The molecular formula is C15H21FN2O. The lowest BCUT2D eigenvalue weighted by Crippen LogP contribution is -2.36. The third-order valence-corrected chi connectivity index (χ3v) is 3.57. The van der Waals surface area contributed by atoms with Crippen LogP contribution < -0.4 is 5.32 Å². The first-order valence-corrected chi connectivity index (χ1v) is 6.94. The van der Waals surface area contributed by atoms with E-state index < -0.39 is 0 Å². The van der Waals surface area contributed by atoms with E-state index in [9.17, 15) is 9.18 Å². The Kier molecular flexibility index (Phi) is 4.77. The summed E-state index contributed by atoms with van der Waals surface area (Å²) >= 11 is 0. The zero-order valence-corrected chi connectivity index (χ0v) is 11.4. The summed E-state index contributed by atoms with van der Waals surface area (Å²) in [7, 11) is 0. The third-order valence-electron chi connectivity index (χ3n) is 3.57. The van der Waals surface area contributed by atoms with Crippen LogP contribution in [0.25, 0.3) is 0 Å². The summed E-state index contributed by atoms with van der Waals surface area (Å²) in [6, 6.07) is 4.95. The summed E-state index contributed by atoms with van der Waals surface area (Å²) in [6.07, 6.45) is 4.59. The highest BCUT2D eigenvalue weighted by molar-refractivity contribution is 5.80. The quantitative estimate of drug-likeness (QED) is 0.910. The molecule has 4 heteroatoms. The zero-order chi connectivity index (χ0) is 13.7. The molecule has 1 aromatic rings. The average molecular weight is 264 g/mol. The van der Waals surface area contributed by atoms with Gasteiger partial charge in [0.15, 0.2) is 0 Å². The normalized spacial score (nSPS) is 16.0. The van der Waals surface area contributed by atoms with E-state index in [1.54, 1.807) is 19.1 Å². The molecule has 1 heterocycles. The summed E-state index contributed by atoms with van der Waals surface area (Å²) < 4.78 is 13.4. The molecule has 19 heavy (non-hydrogen) atoms. The first kappa shape index (κ1) is 13.8. The highest BCUT2D eigenvalue weighted by Crippen LogP contribution is 2.14. The number of aryl methyl sites for hydroxylation is 1. The van der Waals surface area contributed by atoms with Crippen LogP contribution in [0.2, 0.25) is 0 Å². The molecule has 2 rings (SSSR count). The minimum absolute atomic E-state index is 0.0999. The summed E-state index contributed by atoms with van der Waals surface area (Å²) in [5, 5.41) is 3.00. The largest absolute Gasteiger partial charge is 0.376 e. The Hall–Kier alpha value is -1.58. The first-order chi connectivity index (χ1) is 9.16. The standard InChI is InChI=1S/C15H21FN2O/c1-12-6-7-13(10-14(12)16)17-11-15(19)18-8-4-2-3-5-9-18/h6-7,10,17H,2-5,8-9,11H2,1H3. The molecule has 0 atom stereocenters. The SMILES string of the molecule is Cc1ccc(NCC(=O)N2CCCCCC2)cc1F. The fourth-order valence-electron chi connectivity index (χ4n) is 2.31. The lowest BCUT2D eigenvalue weighted by Gasteiger charge is -2.20. The van der Waals surface area contributed by atoms with Gasteiger partial charge in [-0.15, -0.1) is 0 Å².